The lowest BCUT2D eigenvalue weighted by atomic mass is 10.1. The number of hydrogen-bond donors (Lipinski definition) is 1. The van der Waals surface area contributed by atoms with Gasteiger partial charge in [0.15, 0.2) is 6.61 Å². The molecule has 0 aliphatic heterocycles. The second-order valence-corrected chi connectivity index (χ2v) is 7.54. The monoisotopic (exact) mass is 396 g/mol. The zero-order chi connectivity index (χ0) is 21.6. The highest BCUT2D eigenvalue weighted by Crippen LogP contribution is 2.23. The molecule has 156 valence electrons. The van der Waals surface area contributed by atoms with Crippen molar-refractivity contribution in [3.8, 4) is 5.75 Å². The van der Waals surface area contributed by atoms with Gasteiger partial charge in [0.05, 0.1) is 0 Å². The van der Waals surface area contributed by atoms with Crippen molar-refractivity contribution in [2.45, 2.75) is 53.6 Å². The van der Waals surface area contributed by atoms with Gasteiger partial charge in [-0.2, -0.15) is 0 Å². The van der Waals surface area contributed by atoms with Gasteiger partial charge >= 0.3 is 0 Å². The number of carbonyl (C=O) groups excluding carboxylic acids is 2. The number of aryl methyl sites for hydroxylation is 3. The third-order valence-electron chi connectivity index (χ3n) is 5.22. The maximum absolute atomic E-state index is 13.1. The summed E-state index contributed by atoms with van der Waals surface area (Å²) in [6.45, 7) is 10.2. The Balaban J connectivity index is 2.23. The van der Waals surface area contributed by atoms with E-state index in [1.54, 1.807) is 11.9 Å². The summed E-state index contributed by atoms with van der Waals surface area (Å²) in [5, 5.41) is 2.67. The first kappa shape index (κ1) is 22.5. The minimum Gasteiger partial charge on any atom is -0.483 e. The maximum atomic E-state index is 13.1. The minimum atomic E-state index is -0.544. The molecule has 2 rings (SSSR count). The number of rotatable bonds is 8. The van der Waals surface area contributed by atoms with Gasteiger partial charge in [0.2, 0.25) is 5.91 Å². The van der Waals surface area contributed by atoms with E-state index in [-0.39, 0.29) is 18.4 Å². The summed E-state index contributed by atoms with van der Waals surface area (Å²) < 4.78 is 5.88. The Bertz CT molecular complexity index is 859. The van der Waals surface area contributed by atoms with Crippen LogP contribution in [-0.2, 0) is 16.1 Å². The van der Waals surface area contributed by atoms with Crippen LogP contribution in [0.2, 0.25) is 0 Å². The van der Waals surface area contributed by atoms with Crippen molar-refractivity contribution >= 4 is 11.8 Å². The molecule has 1 N–H and O–H groups in total. The van der Waals surface area contributed by atoms with E-state index in [0.717, 1.165) is 27.8 Å². The third kappa shape index (κ3) is 5.83. The molecule has 2 amide bonds. The highest BCUT2D eigenvalue weighted by Gasteiger charge is 2.28. The van der Waals surface area contributed by atoms with E-state index in [0.29, 0.717) is 18.7 Å². The average Bonchev–Trinajstić information content (AvgIpc) is 2.70. The lowest BCUT2D eigenvalue weighted by Crippen LogP contribution is -2.49. The standard InChI is InChI=1S/C24H32N2O3/c1-7-21(24(28)25-6)26(14-20-10-8-16(2)9-11-20)23(27)15-29-22-13-17(3)12-18(4)19(22)5/h8-13,21H,7,14-15H2,1-6H3,(H,25,28)/t21-/m1/s1. The van der Waals surface area contributed by atoms with Crippen LogP contribution in [0.1, 0.15) is 41.2 Å². The lowest BCUT2D eigenvalue weighted by Gasteiger charge is -2.30. The molecule has 0 unspecified atom stereocenters. The fourth-order valence-corrected chi connectivity index (χ4v) is 3.35. The molecule has 0 fully saturated rings. The van der Waals surface area contributed by atoms with Gasteiger partial charge in [0.25, 0.3) is 5.91 Å². The molecule has 5 nitrogen and oxygen atoms in total. The lowest BCUT2D eigenvalue weighted by molar-refractivity contribution is -0.142. The van der Waals surface area contributed by atoms with E-state index in [1.165, 1.54) is 0 Å². The predicted molar refractivity (Wildman–Crippen MR) is 116 cm³/mol. The highest BCUT2D eigenvalue weighted by atomic mass is 16.5. The number of nitrogens with zero attached hydrogens (tertiary/aromatic N) is 1. The largest absolute Gasteiger partial charge is 0.483 e. The number of hydrogen-bond acceptors (Lipinski definition) is 3. The summed E-state index contributed by atoms with van der Waals surface area (Å²) in [6, 6.07) is 11.5. The van der Waals surface area contributed by atoms with Crippen LogP contribution in [0, 0.1) is 27.7 Å². The first-order chi connectivity index (χ1) is 13.8. The van der Waals surface area contributed by atoms with Gasteiger partial charge in [-0.25, -0.2) is 0 Å². The van der Waals surface area contributed by atoms with E-state index in [1.807, 2.05) is 65.0 Å². The third-order valence-corrected chi connectivity index (χ3v) is 5.22. The van der Waals surface area contributed by atoms with Gasteiger partial charge in [0.1, 0.15) is 11.8 Å². The van der Waals surface area contributed by atoms with Crippen LogP contribution in [0.3, 0.4) is 0 Å². The molecule has 1 atom stereocenters. The molecule has 0 saturated heterocycles. The summed E-state index contributed by atoms with van der Waals surface area (Å²) in [5.41, 5.74) is 5.36. The zero-order valence-electron chi connectivity index (χ0n) is 18.3. The number of benzene rings is 2. The quantitative estimate of drug-likeness (QED) is 0.737. The predicted octanol–water partition coefficient (Wildman–Crippen LogP) is 3.85. The van der Waals surface area contributed by atoms with Crippen molar-refractivity contribution in [2.24, 2.45) is 0 Å². The van der Waals surface area contributed by atoms with Crippen LogP contribution in [0.15, 0.2) is 36.4 Å². The van der Waals surface area contributed by atoms with E-state index < -0.39 is 6.04 Å². The molecule has 0 heterocycles. The maximum Gasteiger partial charge on any atom is 0.261 e. The van der Waals surface area contributed by atoms with E-state index >= 15 is 0 Å². The summed E-state index contributed by atoms with van der Waals surface area (Å²) >= 11 is 0. The Labute approximate surface area is 174 Å². The SMILES string of the molecule is CC[C@H](C(=O)NC)N(Cc1ccc(C)cc1)C(=O)COc1cc(C)cc(C)c1C. The van der Waals surface area contributed by atoms with Crippen molar-refractivity contribution < 1.29 is 14.3 Å². The highest BCUT2D eigenvalue weighted by molar-refractivity contribution is 5.88. The van der Waals surface area contributed by atoms with Gasteiger partial charge in [-0.1, -0.05) is 42.8 Å². The zero-order valence-corrected chi connectivity index (χ0v) is 18.3. The average molecular weight is 397 g/mol. The Morgan fingerprint density at radius 1 is 1.03 bits per heavy atom. The van der Waals surface area contributed by atoms with E-state index in [9.17, 15) is 9.59 Å². The number of amides is 2. The number of nitrogens with one attached hydrogen (secondary N) is 1. The Kier molecular flexibility index (Phi) is 7.82. The molecule has 0 spiro atoms. The molecule has 0 radical (unpaired) electrons. The fraction of sp³-hybridized carbons (Fsp3) is 0.417. The summed E-state index contributed by atoms with van der Waals surface area (Å²) in [6.07, 6.45) is 0.528. The summed E-state index contributed by atoms with van der Waals surface area (Å²) in [7, 11) is 1.59. The first-order valence-electron chi connectivity index (χ1n) is 10.0. The van der Waals surface area contributed by atoms with Gasteiger partial charge in [-0.05, 0) is 62.4 Å². The van der Waals surface area contributed by atoms with Gasteiger partial charge in [-0.3, -0.25) is 9.59 Å². The molecule has 0 aliphatic carbocycles. The molecule has 2 aromatic rings. The Morgan fingerprint density at radius 3 is 2.28 bits per heavy atom. The van der Waals surface area contributed by atoms with Crippen LogP contribution >= 0.6 is 0 Å². The Hall–Kier alpha value is -2.82. The van der Waals surface area contributed by atoms with Gasteiger partial charge < -0.3 is 15.0 Å². The molecular weight excluding hydrogens is 364 g/mol. The van der Waals surface area contributed by atoms with Gasteiger partial charge in [0, 0.05) is 13.6 Å². The number of likely N-dealkylation sites (N-methyl/N-ethyl adjacent to an activating group) is 1. The Morgan fingerprint density at radius 2 is 1.69 bits per heavy atom. The smallest absolute Gasteiger partial charge is 0.261 e. The first-order valence-corrected chi connectivity index (χ1v) is 10.0. The van der Waals surface area contributed by atoms with Crippen LogP contribution in [-0.4, -0.2) is 36.4 Å². The van der Waals surface area contributed by atoms with Crippen molar-refractivity contribution in [3.05, 3.63) is 64.2 Å². The summed E-state index contributed by atoms with van der Waals surface area (Å²) in [4.78, 5) is 27.1. The normalized spacial score (nSPS) is 11.7. The van der Waals surface area contributed by atoms with Crippen LogP contribution in [0.25, 0.3) is 0 Å². The molecule has 5 heteroatoms. The molecule has 29 heavy (non-hydrogen) atoms. The van der Waals surface area contributed by atoms with Crippen LogP contribution < -0.4 is 10.1 Å². The second kappa shape index (κ2) is 10.1. The summed E-state index contributed by atoms with van der Waals surface area (Å²) in [5.74, 6) is 0.328. The fourth-order valence-electron chi connectivity index (χ4n) is 3.35. The van der Waals surface area contributed by atoms with Crippen molar-refractivity contribution in [2.75, 3.05) is 13.7 Å². The van der Waals surface area contributed by atoms with Crippen molar-refractivity contribution in [1.82, 2.24) is 10.2 Å². The van der Waals surface area contributed by atoms with E-state index in [2.05, 4.69) is 11.4 Å². The number of carbonyl (C=O) groups is 2. The van der Waals surface area contributed by atoms with Crippen molar-refractivity contribution in [1.29, 1.82) is 0 Å². The second-order valence-electron chi connectivity index (χ2n) is 7.54. The molecule has 0 aromatic heterocycles. The van der Waals surface area contributed by atoms with Crippen molar-refractivity contribution in [3.63, 3.8) is 0 Å². The van der Waals surface area contributed by atoms with Gasteiger partial charge in [-0.15, -0.1) is 0 Å². The van der Waals surface area contributed by atoms with Crippen LogP contribution in [0.5, 0.6) is 5.75 Å². The molecule has 2 aromatic carbocycles. The molecular formula is C24H32N2O3. The van der Waals surface area contributed by atoms with Crippen LogP contribution in [0.4, 0.5) is 0 Å². The molecule has 0 bridgehead atoms. The topological polar surface area (TPSA) is 58.6 Å². The minimum absolute atomic E-state index is 0.108. The number of ether oxygens (including phenoxy) is 1. The van der Waals surface area contributed by atoms with E-state index in [4.69, 9.17) is 4.74 Å². The molecule has 0 saturated carbocycles. The molecule has 0 aliphatic rings.